The zero-order valence-electron chi connectivity index (χ0n) is 8.79. The van der Waals surface area contributed by atoms with Crippen molar-refractivity contribution in [1.82, 2.24) is 10.6 Å². The summed E-state index contributed by atoms with van der Waals surface area (Å²) in [5.74, 6) is -0.329. The molecule has 0 aromatic rings. The van der Waals surface area contributed by atoms with Crippen molar-refractivity contribution in [3.05, 3.63) is 0 Å². The molecule has 82 valence electrons. The van der Waals surface area contributed by atoms with Crippen molar-refractivity contribution in [2.24, 2.45) is 0 Å². The van der Waals surface area contributed by atoms with Crippen LogP contribution in [0.25, 0.3) is 0 Å². The Morgan fingerprint density at radius 2 is 1.86 bits per heavy atom. The molecule has 2 N–H and O–H groups in total. The summed E-state index contributed by atoms with van der Waals surface area (Å²) in [5.41, 5.74) is 0. The molecule has 2 unspecified atom stereocenters. The molecule has 0 saturated carbocycles. The van der Waals surface area contributed by atoms with E-state index in [2.05, 4.69) is 15.4 Å². The quantitative estimate of drug-likeness (QED) is 0.646. The highest BCUT2D eigenvalue weighted by molar-refractivity contribution is 5.85. The highest BCUT2D eigenvalue weighted by Crippen LogP contribution is 1.98. The van der Waals surface area contributed by atoms with E-state index in [1.807, 2.05) is 0 Å². The van der Waals surface area contributed by atoms with Crippen molar-refractivity contribution in [2.75, 3.05) is 21.3 Å². The molecule has 0 spiro atoms. The molecule has 0 saturated heterocycles. The summed E-state index contributed by atoms with van der Waals surface area (Å²) < 4.78 is 9.33. The lowest BCUT2D eigenvalue weighted by Crippen LogP contribution is -2.52. The standard InChI is InChI=1S/C8H16N2O4/c1-5(13-3)6(7(11)9-2)10-8(12)14-4/h5-6H,1-4H3,(H,9,11)(H,10,12). The van der Waals surface area contributed by atoms with E-state index in [4.69, 9.17) is 4.74 Å². The summed E-state index contributed by atoms with van der Waals surface area (Å²) >= 11 is 0. The fourth-order valence-corrected chi connectivity index (χ4v) is 0.874. The molecule has 14 heavy (non-hydrogen) atoms. The molecule has 0 aliphatic carbocycles. The SMILES string of the molecule is CNC(=O)C(NC(=O)OC)C(C)OC. The van der Waals surface area contributed by atoms with Gasteiger partial charge in [0.1, 0.15) is 6.04 Å². The van der Waals surface area contributed by atoms with Gasteiger partial charge in [-0.1, -0.05) is 0 Å². The lowest BCUT2D eigenvalue weighted by atomic mass is 10.1. The number of alkyl carbamates (subject to hydrolysis) is 1. The van der Waals surface area contributed by atoms with E-state index >= 15 is 0 Å². The van der Waals surface area contributed by atoms with Crippen LogP contribution >= 0.6 is 0 Å². The van der Waals surface area contributed by atoms with Crippen LogP contribution in [-0.2, 0) is 14.3 Å². The van der Waals surface area contributed by atoms with Gasteiger partial charge in [0.2, 0.25) is 5.91 Å². The maximum absolute atomic E-state index is 11.3. The average molecular weight is 204 g/mol. The van der Waals surface area contributed by atoms with Crippen molar-refractivity contribution in [3.63, 3.8) is 0 Å². The maximum Gasteiger partial charge on any atom is 0.407 e. The Bertz CT molecular complexity index is 208. The predicted molar refractivity (Wildman–Crippen MR) is 49.9 cm³/mol. The molecule has 0 aromatic carbocycles. The molecule has 6 heteroatoms. The van der Waals surface area contributed by atoms with Crippen LogP contribution in [0, 0.1) is 0 Å². The number of hydrogen-bond donors (Lipinski definition) is 2. The average Bonchev–Trinajstić information content (AvgIpc) is 2.23. The Hall–Kier alpha value is -1.30. The topological polar surface area (TPSA) is 76.7 Å². The lowest BCUT2D eigenvalue weighted by Gasteiger charge is -2.21. The van der Waals surface area contributed by atoms with Crippen molar-refractivity contribution in [1.29, 1.82) is 0 Å². The number of methoxy groups -OCH3 is 2. The summed E-state index contributed by atoms with van der Waals surface area (Å²) in [5, 5.41) is 4.79. The van der Waals surface area contributed by atoms with Gasteiger partial charge in [-0.25, -0.2) is 4.79 Å². The number of rotatable bonds is 4. The first-order chi connectivity index (χ1) is 6.56. The zero-order chi connectivity index (χ0) is 11.1. The first-order valence-corrected chi connectivity index (χ1v) is 4.15. The van der Waals surface area contributed by atoms with Crippen LogP contribution in [-0.4, -0.2) is 45.4 Å². The third-order valence-electron chi connectivity index (χ3n) is 1.83. The molecule has 0 radical (unpaired) electrons. The molecule has 0 aliphatic rings. The number of amides is 2. The van der Waals surface area contributed by atoms with Crippen LogP contribution in [0.2, 0.25) is 0 Å². The normalized spacial score (nSPS) is 14.0. The fraction of sp³-hybridized carbons (Fsp3) is 0.750. The van der Waals surface area contributed by atoms with Crippen LogP contribution in [0.15, 0.2) is 0 Å². The molecular weight excluding hydrogens is 188 g/mol. The highest BCUT2D eigenvalue weighted by Gasteiger charge is 2.26. The van der Waals surface area contributed by atoms with E-state index in [0.717, 1.165) is 0 Å². The van der Waals surface area contributed by atoms with Gasteiger partial charge < -0.3 is 20.1 Å². The van der Waals surface area contributed by atoms with E-state index in [9.17, 15) is 9.59 Å². The van der Waals surface area contributed by atoms with Crippen LogP contribution in [0.4, 0.5) is 4.79 Å². The van der Waals surface area contributed by atoms with Gasteiger partial charge >= 0.3 is 6.09 Å². The summed E-state index contributed by atoms with van der Waals surface area (Å²) in [6.07, 6.45) is -1.09. The molecule has 6 nitrogen and oxygen atoms in total. The Morgan fingerprint density at radius 1 is 1.29 bits per heavy atom. The molecule has 2 atom stereocenters. The summed E-state index contributed by atoms with van der Waals surface area (Å²) in [7, 11) is 4.17. The molecule has 0 aliphatic heterocycles. The Morgan fingerprint density at radius 3 is 2.21 bits per heavy atom. The highest BCUT2D eigenvalue weighted by atomic mass is 16.5. The van der Waals surface area contributed by atoms with Gasteiger partial charge in [0.05, 0.1) is 13.2 Å². The molecule has 0 rings (SSSR count). The number of carbonyl (C=O) groups excluding carboxylic acids is 2. The number of hydrogen-bond acceptors (Lipinski definition) is 4. The Balaban J connectivity index is 4.39. The lowest BCUT2D eigenvalue weighted by molar-refractivity contribution is -0.125. The van der Waals surface area contributed by atoms with Gasteiger partial charge in [-0.2, -0.15) is 0 Å². The van der Waals surface area contributed by atoms with Gasteiger partial charge in [0, 0.05) is 14.2 Å². The minimum atomic E-state index is -0.752. The largest absolute Gasteiger partial charge is 0.453 e. The first-order valence-electron chi connectivity index (χ1n) is 4.15. The van der Waals surface area contributed by atoms with Crippen LogP contribution in [0.5, 0.6) is 0 Å². The molecule has 0 fully saturated rings. The summed E-state index contributed by atoms with van der Waals surface area (Å²) in [6.45, 7) is 1.68. The van der Waals surface area contributed by atoms with Crippen LogP contribution in [0.3, 0.4) is 0 Å². The fourth-order valence-electron chi connectivity index (χ4n) is 0.874. The van der Waals surface area contributed by atoms with E-state index in [0.29, 0.717) is 0 Å². The first kappa shape index (κ1) is 12.7. The van der Waals surface area contributed by atoms with Gasteiger partial charge in [-0.3, -0.25) is 4.79 Å². The zero-order valence-corrected chi connectivity index (χ0v) is 8.79. The monoisotopic (exact) mass is 204 g/mol. The number of likely N-dealkylation sites (N-methyl/N-ethyl adjacent to an activating group) is 1. The van der Waals surface area contributed by atoms with Crippen LogP contribution in [0.1, 0.15) is 6.92 Å². The van der Waals surface area contributed by atoms with Gasteiger partial charge in [-0.15, -0.1) is 0 Å². The summed E-state index contributed by atoms with van der Waals surface area (Å²) in [4.78, 5) is 22.2. The molecular formula is C8H16N2O4. The van der Waals surface area contributed by atoms with Gasteiger partial charge in [-0.05, 0) is 6.92 Å². The molecule has 0 bridgehead atoms. The second-order valence-electron chi connectivity index (χ2n) is 2.67. The Labute approximate surface area is 82.9 Å². The maximum atomic E-state index is 11.3. The van der Waals surface area contributed by atoms with Crippen molar-refractivity contribution in [3.8, 4) is 0 Å². The van der Waals surface area contributed by atoms with Crippen molar-refractivity contribution >= 4 is 12.0 Å². The predicted octanol–water partition coefficient (Wildman–Crippen LogP) is -0.508. The smallest absolute Gasteiger partial charge is 0.407 e. The number of carbonyl (C=O) groups is 2. The number of nitrogens with one attached hydrogen (secondary N) is 2. The third kappa shape index (κ3) is 3.61. The van der Waals surface area contributed by atoms with Crippen molar-refractivity contribution in [2.45, 2.75) is 19.1 Å². The molecule has 0 aromatic heterocycles. The third-order valence-corrected chi connectivity index (χ3v) is 1.83. The van der Waals surface area contributed by atoms with Crippen LogP contribution < -0.4 is 10.6 Å². The number of ether oxygens (including phenoxy) is 2. The molecule has 0 heterocycles. The van der Waals surface area contributed by atoms with Gasteiger partial charge in [0.15, 0.2) is 0 Å². The summed E-state index contributed by atoms with van der Waals surface area (Å²) in [6, 6.07) is -0.752. The second kappa shape index (κ2) is 6.20. The van der Waals surface area contributed by atoms with E-state index < -0.39 is 18.2 Å². The molecule has 2 amide bonds. The second-order valence-corrected chi connectivity index (χ2v) is 2.67. The van der Waals surface area contributed by atoms with Crippen molar-refractivity contribution < 1.29 is 19.1 Å². The Kier molecular flexibility index (Phi) is 5.62. The van der Waals surface area contributed by atoms with Gasteiger partial charge in [0.25, 0.3) is 0 Å². The minimum Gasteiger partial charge on any atom is -0.453 e. The minimum absolute atomic E-state index is 0.329. The van der Waals surface area contributed by atoms with E-state index in [1.54, 1.807) is 6.92 Å². The van der Waals surface area contributed by atoms with E-state index in [1.165, 1.54) is 21.3 Å². The van der Waals surface area contributed by atoms with E-state index in [-0.39, 0.29) is 5.91 Å².